The number of fused-ring (bicyclic) bond motifs is 2. The van der Waals surface area contributed by atoms with Crippen LogP contribution in [0.15, 0.2) is 30.5 Å². The van der Waals surface area contributed by atoms with Crippen LogP contribution >= 0.6 is 23.2 Å². The second-order valence-electron chi connectivity index (χ2n) is 5.56. The summed E-state index contributed by atoms with van der Waals surface area (Å²) >= 11 is 11.9. The average Bonchev–Trinajstić information content (AvgIpc) is 2.96. The SMILES string of the molecule is C=C(Nc1ccc(Cl)c(Cl)c1)C1CC2CCC1C2. The minimum Gasteiger partial charge on any atom is -0.359 e. The van der Waals surface area contributed by atoms with Crippen LogP contribution < -0.4 is 5.32 Å². The van der Waals surface area contributed by atoms with Crippen molar-refractivity contribution in [1.29, 1.82) is 0 Å². The van der Waals surface area contributed by atoms with Gasteiger partial charge in [-0.25, -0.2) is 0 Å². The molecule has 0 saturated heterocycles. The van der Waals surface area contributed by atoms with Crippen molar-refractivity contribution >= 4 is 28.9 Å². The molecule has 0 aliphatic heterocycles. The molecule has 0 radical (unpaired) electrons. The number of nitrogens with one attached hydrogen (secondary N) is 1. The van der Waals surface area contributed by atoms with Crippen LogP contribution in [-0.2, 0) is 0 Å². The Balaban J connectivity index is 1.69. The molecule has 1 aromatic rings. The normalized spacial score (nSPS) is 29.6. The summed E-state index contributed by atoms with van der Waals surface area (Å²) in [5, 5.41) is 4.58. The van der Waals surface area contributed by atoms with E-state index >= 15 is 0 Å². The number of benzene rings is 1. The van der Waals surface area contributed by atoms with Gasteiger partial charge in [-0.05, 0) is 49.3 Å². The third-order valence-electron chi connectivity index (χ3n) is 4.41. The number of halogens is 2. The van der Waals surface area contributed by atoms with Gasteiger partial charge in [0.1, 0.15) is 0 Å². The monoisotopic (exact) mass is 281 g/mol. The van der Waals surface area contributed by atoms with Crippen molar-refractivity contribution in [2.75, 3.05) is 5.32 Å². The number of rotatable bonds is 3. The summed E-state index contributed by atoms with van der Waals surface area (Å²) < 4.78 is 0. The van der Waals surface area contributed by atoms with Gasteiger partial charge in [0.05, 0.1) is 10.0 Å². The van der Waals surface area contributed by atoms with Gasteiger partial charge in [0.25, 0.3) is 0 Å². The quantitative estimate of drug-likeness (QED) is 0.787. The van der Waals surface area contributed by atoms with E-state index < -0.39 is 0 Å². The van der Waals surface area contributed by atoms with Crippen LogP contribution in [0, 0.1) is 17.8 Å². The second-order valence-corrected chi connectivity index (χ2v) is 6.37. The maximum absolute atomic E-state index is 6.02. The lowest BCUT2D eigenvalue weighted by Gasteiger charge is -2.25. The Morgan fingerprint density at radius 1 is 1.17 bits per heavy atom. The summed E-state index contributed by atoms with van der Waals surface area (Å²) in [5.41, 5.74) is 2.12. The Bertz CT molecular complexity index is 483. The van der Waals surface area contributed by atoms with Gasteiger partial charge in [-0.2, -0.15) is 0 Å². The molecule has 3 atom stereocenters. The van der Waals surface area contributed by atoms with Crippen LogP contribution in [0.3, 0.4) is 0 Å². The van der Waals surface area contributed by atoms with E-state index in [2.05, 4.69) is 11.9 Å². The summed E-state index contributed by atoms with van der Waals surface area (Å²) in [5.74, 6) is 2.42. The number of allylic oxidation sites excluding steroid dienone is 1. The molecule has 0 aromatic heterocycles. The van der Waals surface area contributed by atoms with E-state index in [4.69, 9.17) is 23.2 Å². The molecule has 1 nitrogen and oxygen atoms in total. The van der Waals surface area contributed by atoms with Gasteiger partial charge < -0.3 is 5.32 Å². The zero-order valence-corrected chi connectivity index (χ0v) is 11.8. The van der Waals surface area contributed by atoms with Crippen molar-refractivity contribution in [2.45, 2.75) is 25.7 Å². The smallest absolute Gasteiger partial charge is 0.0612 e. The van der Waals surface area contributed by atoms with Crippen molar-refractivity contribution in [1.82, 2.24) is 0 Å². The molecule has 2 aliphatic carbocycles. The van der Waals surface area contributed by atoms with Crippen molar-refractivity contribution in [3.8, 4) is 0 Å². The highest BCUT2D eigenvalue weighted by Gasteiger charge is 2.40. The van der Waals surface area contributed by atoms with Gasteiger partial charge in [-0.3, -0.25) is 0 Å². The third kappa shape index (κ3) is 2.26. The first-order chi connectivity index (χ1) is 8.63. The van der Waals surface area contributed by atoms with Crippen LogP contribution in [-0.4, -0.2) is 0 Å². The molecule has 96 valence electrons. The number of anilines is 1. The molecule has 2 saturated carbocycles. The fourth-order valence-corrected chi connectivity index (χ4v) is 3.82. The first kappa shape index (κ1) is 12.4. The molecule has 0 heterocycles. The van der Waals surface area contributed by atoms with Gasteiger partial charge in [-0.1, -0.05) is 36.2 Å². The zero-order chi connectivity index (χ0) is 12.7. The van der Waals surface area contributed by atoms with Crippen molar-refractivity contribution in [3.63, 3.8) is 0 Å². The van der Waals surface area contributed by atoms with Crippen LogP contribution in [0.5, 0.6) is 0 Å². The van der Waals surface area contributed by atoms with E-state index in [1.165, 1.54) is 25.7 Å². The average molecular weight is 282 g/mol. The van der Waals surface area contributed by atoms with E-state index in [0.29, 0.717) is 16.0 Å². The van der Waals surface area contributed by atoms with Crippen molar-refractivity contribution in [2.24, 2.45) is 17.8 Å². The minimum atomic E-state index is 0.586. The summed E-state index contributed by atoms with van der Waals surface area (Å²) in [4.78, 5) is 0. The lowest BCUT2D eigenvalue weighted by Crippen LogP contribution is -2.17. The number of hydrogen-bond donors (Lipinski definition) is 1. The summed E-state index contributed by atoms with van der Waals surface area (Å²) in [6.45, 7) is 4.22. The maximum Gasteiger partial charge on any atom is 0.0612 e. The molecule has 2 fully saturated rings. The summed E-state index contributed by atoms with van der Waals surface area (Å²) in [6, 6.07) is 5.63. The fourth-order valence-electron chi connectivity index (χ4n) is 3.52. The molecule has 1 aromatic carbocycles. The first-order valence-corrected chi connectivity index (χ1v) is 7.30. The van der Waals surface area contributed by atoms with Crippen LogP contribution in [0.1, 0.15) is 25.7 Å². The Hall–Kier alpha value is -0.660. The lowest BCUT2D eigenvalue weighted by atomic mass is 9.86. The van der Waals surface area contributed by atoms with Gasteiger partial charge >= 0.3 is 0 Å². The van der Waals surface area contributed by atoms with Crippen LogP contribution in [0.2, 0.25) is 10.0 Å². The standard InChI is InChI=1S/C15H17Cl2N/c1-9(13-7-10-2-3-11(13)6-10)18-12-4-5-14(16)15(17)8-12/h4-5,8,10-11,13,18H,1-3,6-7H2. The molecule has 3 unspecified atom stereocenters. The molecule has 2 bridgehead atoms. The molecular formula is C15H17Cl2N. The summed E-state index contributed by atoms with van der Waals surface area (Å²) in [6.07, 6.45) is 5.49. The van der Waals surface area contributed by atoms with E-state index in [9.17, 15) is 0 Å². The van der Waals surface area contributed by atoms with Crippen LogP contribution in [0.25, 0.3) is 0 Å². The Morgan fingerprint density at radius 2 is 2.00 bits per heavy atom. The first-order valence-electron chi connectivity index (χ1n) is 6.54. The molecule has 2 aliphatic rings. The highest BCUT2D eigenvalue weighted by molar-refractivity contribution is 6.42. The van der Waals surface area contributed by atoms with Crippen LogP contribution in [0.4, 0.5) is 5.69 Å². The Morgan fingerprint density at radius 3 is 2.61 bits per heavy atom. The Kier molecular flexibility index (Phi) is 3.29. The van der Waals surface area contributed by atoms with Gasteiger partial charge in [-0.15, -0.1) is 0 Å². The predicted octanol–water partition coefficient (Wildman–Crippen LogP) is 5.36. The van der Waals surface area contributed by atoms with E-state index in [1.807, 2.05) is 18.2 Å². The molecule has 18 heavy (non-hydrogen) atoms. The highest BCUT2D eigenvalue weighted by Crippen LogP contribution is 2.50. The zero-order valence-electron chi connectivity index (χ0n) is 10.3. The molecular weight excluding hydrogens is 265 g/mol. The predicted molar refractivity (Wildman–Crippen MR) is 78.2 cm³/mol. The molecule has 3 rings (SSSR count). The number of hydrogen-bond acceptors (Lipinski definition) is 1. The molecule has 3 heteroatoms. The molecule has 1 N–H and O–H groups in total. The van der Waals surface area contributed by atoms with Crippen molar-refractivity contribution in [3.05, 3.63) is 40.5 Å². The third-order valence-corrected chi connectivity index (χ3v) is 5.15. The van der Waals surface area contributed by atoms with E-state index in [1.54, 1.807) is 0 Å². The fraction of sp³-hybridized carbons (Fsp3) is 0.467. The largest absolute Gasteiger partial charge is 0.359 e. The highest BCUT2D eigenvalue weighted by atomic mass is 35.5. The van der Waals surface area contributed by atoms with Gasteiger partial charge in [0.15, 0.2) is 0 Å². The molecule has 0 amide bonds. The Labute approximate surface area is 118 Å². The van der Waals surface area contributed by atoms with Crippen molar-refractivity contribution < 1.29 is 0 Å². The minimum absolute atomic E-state index is 0.586. The van der Waals surface area contributed by atoms with Gasteiger partial charge in [0.2, 0.25) is 0 Å². The topological polar surface area (TPSA) is 12.0 Å². The van der Waals surface area contributed by atoms with Gasteiger partial charge in [0, 0.05) is 17.3 Å². The second kappa shape index (κ2) is 4.79. The lowest BCUT2D eigenvalue weighted by molar-refractivity contribution is 0.380. The maximum atomic E-state index is 6.02. The molecule has 0 spiro atoms. The van der Waals surface area contributed by atoms with E-state index in [-0.39, 0.29) is 0 Å². The van der Waals surface area contributed by atoms with E-state index in [0.717, 1.165) is 23.2 Å². The summed E-state index contributed by atoms with van der Waals surface area (Å²) in [7, 11) is 0.